The van der Waals surface area contributed by atoms with Crippen LogP contribution in [0, 0.1) is 11.3 Å². The second-order valence-electron chi connectivity index (χ2n) is 6.66. The highest BCUT2D eigenvalue weighted by atomic mass is 32.2. The van der Waals surface area contributed by atoms with E-state index in [2.05, 4.69) is 15.6 Å². The van der Waals surface area contributed by atoms with Crippen LogP contribution in [0.15, 0.2) is 73.1 Å². The summed E-state index contributed by atoms with van der Waals surface area (Å²) >= 11 is 0. The van der Waals surface area contributed by atoms with Gasteiger partial charge in [-0.15, -0.1) is 0 Å². The van der Waals surface area contributed by atoms with E-state index in [9.17, 15) is 18.0 Å². The number of carbonyl (C=O) groups is 2. The first-order valence-corrected chi connectivity index (χ1v) is 11.0. The Hall–Kier alpha value is -4.03. The molecule has 0 aliphatic rings. The highest BCUT2D eigenvalue weighted by molar-refractivity contribution is 7.91. The quantitative estimate of drug-likeness (QED) is 0.588. The smallest absolute Gasteiger partial charge is 0.255 e. The lowest BCUT2D eigenvalue weighted by molar-refractivity contribution is -0.113. The van der Waals surface area contributed by atoms with Gasteiger partial charge in [-0.25, -0.2) is 8.42 Å². The number of benzene rings is 2. The number of anilines is 2. The number of pyridine rings is 1. The number of hydrogen-bond acceptors (Lipinski definition) is 6. The number of hydrogen-bond donors (Lipinski definition) is 2. The summed E-state index contributed by atoms with van der Waals surface area (Å²) in [5, 5.41) is 14.0. The summed E-state index contributed by atoms with van der Waals surface area (Å²) in [5.41, 5.74) is 2.15. The summed E-state index contributed by atoms with van der Waals surface area (Å²) in [4.78, 5) is 28.3. The van der Waals surface area contributed by atoms with Crippen LogP contribution in [0.3, 0.4) is 0 Å². The first kappa shape index (κ1) is 21.7. The maximum atomic E-state index is 12.3. The van der Waals surface area contributed by atoms with Gasteiger partial charge in [0.2, 0.25) is 5.91 Å². The van der Waals surface area contributed by atoms with Crippen LogP contribution in [-0.2, 0) is 20.4 Å². The van der Waals surface area contributed by atoms with Crippen LogP contribution in [0.25, 0.3) is 0 Å². The number of rotatable bonds is 7. The van der Waals surface area contributed by atoms with Crippen LogP contribution in [-0.4, -0.2) is 31.0 Å². The Morgan fingerprint density at radius 1 is 0.935 bits per heavy atom. The van der Waals surface area contributed by atoms with E-state index in [0.29, 0.717) is 28.1 Å². The van der Waals surface area contributed by atoms with Crippen molar-refractivity contribution in [3.63, 3.8) is 0 Å². The molecule has 3 aromatic rings. The number of nitrogens with zero attached hydrogens (tertiary/aromatic N) is 2. The van der Waals surface area contributed by atoms with Gasteiger partial charge in [-0.2, -0.15) is 5.26 Å². The van der Waals surface area contributed by atoms with Crippen molar-refractivity contribution in [2.45, 2.75) is 5.75 Å². The Labute approximate surface area is 179 Å². The molecule has 9 heteroatoms. The molecule has 0 radical (unpaired) electrons. The van der Waals surface area contributed by atoms with Crippen molar-refractivity contribution in [3.8, 4) is 6.07 Å². The standard InChI is InChI=1S/C22H18N4O4S/c23-13-16-4-6-17(7-5-16)14-31(29,30)15-21(27)25-19-2-1-3-20(12-19)26-22(28)18-8-10-24-11-9-18/h1-12H,14-15H2,(H,25,27)(H,26,28). The average Bonchev–Trinajstić information content (AvgIpc) is 2.74. The molecule has 31 heavy (non-hydrogen) atoms. The van der Waals surface area contributed by atoms with Gasteiger partial charge < -0.3 is 10.6 Å². The van der Waals surface area contributed by atoms with Crippen molar-refractivity contribution >= 4 is 33.0 Å². The lowest BCUT2D eigenvalue weighted by Gasteiger charge is -2.09. The Balaban J connectivity index is 1.60. The molecule has 8 nitrogen and oxygen atoms in total. The van der Waals surface area contributed by atoms with Gasteiger partial charge in [0, 0.05) is 29.3 Å². The third-order valence-electron chi connectivity index (χ3n) is 4.17. The largest absolute Gasteiger partial charge is 0.325 e. The van der Waals surface area contributed by atoms with E-state index in [4.69, 9.17) is 5.26 Å². The molecule has 1 heterocycles. The van der Waals surface area contributed by atoms with E-state index in [1.807, 2.05) is 6.07 Å². The molecule has 2 aromatic carbocycles. The predicted octanol–water partition coefficient (Wildman–Crippen LogP) is 2.76. The van der Waals surface area contributed by atoms with Gasteiger partial charge in [-0.1, -0.05) is 18.2 Å². The molecule has 0 atom stereocenters. The molecule has 0 saturated heterocycles. The maximum Gasteiger partial charge on any atom is 0.255 e. The van der Waals surface area contributed by atoms with Crippen molar-refractivity contribution < 1.29 is 18.0 Å². The van der Waals surface area contributed by atoms with Crippen LogP contribution in [0.2, 0.25) is 0 Å². The molecular formula is C22H18N4O4S. The Kier molecular flexibility index (Phi) is 6.74. The van der Waals surface area contributed by atoms with Gasteiger partial charge in [0.25, 0.3) is 5.91 Å². The zero-order chi connectivity index (χ0) is 22.3. The Morgan fingerprint density at radius 3 is 2.23 bits per heavy atom. The second kappa shape index (κ2) is 9.65. The first-order valence-electron chi connectivity index (χ1n) is 9.15. The average molecular weight is 434 g/mol. The molecule has 2 N–H and O–H groups in total. The molecule has 0 fully saturated rings. The molecule has 0 bridgehead atoms. The van der Waals surface area contributed by atoms with Gasteiger partial charge in [0.15, 0.2) is 9.84 Å². The summed E-state index contributed by atoms with van der Waals surface area (Å²) in [6.07, 6.45) is 3.01. The highest BCUT2D eigenvalue weighted by Gasteiger charge is 2.18. The SMILES string of the molecule is N#Cc1ccc(CS(=O)(=O)CC(=O)Nc2cccc(NC(=O)c3ccncc3)c2)cc1. The minimum atomic E-state index is -3.71. The summed E-state index contributed by atoms with van der Waals surface area (Å²) in [6.45, 7) is 0. The number of aromatic nitrogens is 1. The molecule has 0 aliphatic carbocycles. The minimum Gasteiger partial charge on any atom is -0.325 e. The van der Waals surface area contributed by atoms with E-state index < -0.39 is 21.5 Å². The van der Waals surface area contributed by atoms with Crippen LogP contribution < -0.4 is 10.6 Å². The fourth-order valence-corrected chi connectivity index (χ4v) is 4.03. The number of amides is 2. The van der Waals surface area contributed by atoms with Gasteiger partial charge >= 0.3 is 0 Å². The molecule has 0 spiro atoms. The van der Waals surface area contributed by atoms with E-state index in [1.54, 1.807) is 42.5 Å². The van der Waals surface area contributed by atoms with Crippen LogP contribution in [0.5, 0.6) is 0 Å². The minimum absolute atomic E-state index is 0.311. The van der Waals surface area contributed by atoms with Gasteiger partial charge in [0.05, 0.1) is 17.4 Å². The summed E-state index contributed by atoms with van der Waals surface area (Å²) in [6, 6.07) is 17.6. The molecular weight excluding hydrogens is 416 g/mol. The molecule has 156 valence electrons. The lowest BCUT2D eigenvalue weighted by atomic mass is 10.2. The fourth-order valence-electron chi connectivity index (χ4n) is 2.76. The third-order valence-corrected chi connectivity index (χ3v) is 5.64. The zero-order valence-corrected chi connectivity index (χ0v) is 17.1. The van der Waals surface area contributed by atoms with E-state index >= 15 is 0 Å². The van der Waals surface area contributed by atoms with Crippen molar-refractivity contribution in [3.05, 3.63) is 89.7 Å². The Bertz CT molecular complexity index is 1230. The molecule has 0 saturated carbocycles. The maximum absolute atomic E-state index is 12.3. The number of carbonyl (C=O) groups excluding carboxylic acids is 2. The van der Waals surface area contributed by atoms with E-state index in [1.165, 1.54) is 30.6 Å². The zero-order valence-electron chi connectivity index (χ0n) is 16.3. The number of nitriles is 1. The Morgan fingerprint density at radius 2 is 1.58 bits per heavy atom. The first-order chi connectivity index (χ1) is 14.8. The number of sulfone groups is 1. The molecule has 0 aliphatic heterocycles. The monoisotopic (exact) mass is 434 g/mol. The van der Waals surface area contributed by atoms with Crippen molar-refractivity contribution in [2.75, 3.05) is 16.4 Å². The van der Waals surface area contributed by atoms with Crippen LogP contribution >= 0.6 is 0 Å². The second-order valence-corrected chi connectivity index (χ2v) is 8.72. The van der Waals surface area contributed by atoms with Crippen molar-refractivity contribution in [2.24, 2.45) is 0 Å². The summed E-state index contributed by atoms with van der Waals surface area (Å²) < 4.78 is 24.7. The molecule has 2 amide bonds. The van der Waals surface area contributed by atoms with Gasteiger partial charge in [-0.05, 0) is 48.0 Å². The molecule has 1 aromatic heterocycles. The molecule has 0 unspecified atom stereocenters. The molecule has 3 rings (SSSR count). The van der Waals surface area contributed by atoms with Gasteiger partial charge in [0.1, 0.15) is 5.75 Å². The van der Waals surface area contributed by atoms with Gasteiger partial charge in [-0.3, -0.25) is 14.6 Å². The highest BCUT2D eigenvalue weighted by Crippen LogP contribution is 2.17. The lowest BCUT2D eigenvalue weighted by Crippen LogP contribution is -2.24. The fraction of sp³-hybridized carbons (Fsp3) is 0.0909. The van der Waals surface area contributed by atoms with Crippen LogP contribution in [0.4, 0.5) is 11.4 Å². The summed E-state index contributed by atoms with van der Waals surface area (Å²) in [5.74, 6) is -2.03. The van der Waals surface area contributed by atoms with Crippen molar-refractivity contribution in [1.29, 1.82) is 5.26 Å². The number of nitrogens with one attached hydrogen (secondary N) is 2. The normalized spacial score (nSPS) is 10.7. The topological polar surface area (TPSA) is 129 Å². The van der Waals surface area contributed by atoms with Crippen molar-refractivity contribution in [1.82, 2.24) is 4.98 Å². The predicted molar refractivity (Wildman–Crippen MR) is 116 cm³/mol. The van der Waals surface area contributed by atoms with E-state index in [-0.39, 0.29) is 11.7 Å². The van der Waals surface area contributed by atoms with Crippen LogP contribution in [0.1, 0.15) is 21.5 Å². The summed E-state index contributed by atoms with van der Waals surface area (Å²) in [7, 11) is -3.71. The third kappa shape index (κ3) is 6.48. The van der Waals surface area contributed by atoms with E-state index in [0.717, 1.165) is 0 Å².